The van der Waals surface area contributed by atoms with Gasteiger partial charge in [-0.2, -0.15) is 0 Å². The Bertz CT molecular complexity index is 626. The van der Waals surface area contributed by atoms with E-state index in [0.29, 0.717) is 28.0 Å². The molecule has 138 valence electrons. The first kappa shape index (κ1) is 20.4. The number of nitrogens with zero attached hydrogens (tertiary/aromatic N) is 1. The fraction of sp³-hybridized carbons (Fsp3) is 0.556. The lowest BCUT2D eigenvalue weighted by Crippen LogP contribution is -2.46. The highest BCUT2D eigenvalue weighted by Crippen LogP contribution is 2.35. The van der Waals surface area contributed by atoms with Crippen LogP contribution in [0.5, 0.6) is 0 Å². The van der Waals surface area contributed by atoms with Gasteiger partial charge in [0.2, 0.25) is 0 Å². The van der Waals surface area contributed by atoms with E-state index in [1.807, 2.05) is 0 Å². The monoisotopic (exact) mass is 403 g/mol. The number of unbranched alkanes of at least 4 members (excludes halogenated alkanes) is 2. The Hall–Kier alpha value is -0.910. The molecule has 1 aliphatic heterocycles. The van der Waals surface area contributed by atoms with E-state index in [0.717, 1.165) is 25.7 Å². The summed E-state index contributed by atoms with van der Waals surface area (Å²) in [5.41, 5.74) is 0.364. The summed E-state index contributed by atoms with van der Waals surface area (Å²) in [4.78, 5) is 27.1. The molecule has 1 amide bonds. The van der Waals surface area contributed by atoms with Gasteiger partial charge < -0.3 is 9.64 Å². The molecule has 1 fully saturated rings. The number of ether oxygens (including phenoxy) is 1. The number of amides is 1. The number of hydrogen-bond donors (Lipinski definition) is 0. The number of esters is 1. The molecule has 0 saturated carbocycles. The number of thioether (sulfide) groups is 1. The standard InChI is InChI=1S/C18H23Cl2NO3S/c1-3-5-6-7-16-21(15(11-25-16)18(23)24-4-2)17(22)13-9-8-12(19)10-14(13)20/h8-10,15-16H,3-7,11H2,1-2H3. The van der Waals surface area contributed by atoms with Gasteiger partial charge in [0.25, 0.3) is 5.91 Å². The van der Waals surface area contributed by atoms with Crippen LogP contribution >= 0.6 is 35.0 Å². The summed E-state index contributed by atoms with van der Waals surface area (Å²) < 4.78 is 5.17. The summed E-state index contributed by atoms with van der Waals surface area (Å²) >= 11 is 13.8. The van der Waals surface area contributed by atoms with Crippen LogP contribution in [0.25, 0.3) is 0 Å². The Morgan fingerprint density at radius 1 is 1.28 bits per heavy atom. The molecule has 1 saturated heterocycles. The highest BCUT2D eigenvalue weighted by molar-refractivity contribution is 8.00. The molecule has 0 spiro atoms. The predicted molar refractivity (Wildman–Crippen MR) is 103 cm³/mol. The molecule has 2 atom stereocenters. The van der Waals surface area contributed by atoms with E-state index in [-0.39, 0.29) is 17.3 Å². The molecule has 1 aromatic rings. The Labute approximate surface area is 163 Å². The zero-order chi connectivity index (χ0) is 18.4. The van der Waals surface area contributed by atoms with Gasteiger partial charge in [-0.1, -0.05) is 49.4 Å². The van der Waals surface area contributed by atoms with E-state index >= 15 is 0 Å². The summed E-state index contributed by atoms with van der Waals surface area (Å²) in [5, 5.41) is 0.725. The first-order valence-electron chi connectivity index (χ1n) is 8.55. The molecular weight excluding hydrogens is 381 g/mol. The Balaban J connectivity index is 2.26. The Kier molecular flexibility index (Phi) is 7.91. The molecule has 1 aliphatic rings. The van der Waals surface area contributed by atoms with Gasteiger partial charge in [0.05, 0.1) is 22.6 Å². The van der Waals surface area contributed by atoms with E-state index in [2.05, 4.69) is 6.92 Å². The van der Waals surface area contributed by atoms with Crippen LogP contribution in [-0.2, 0) is 9.53 Å². The fourth-order valence-electron chi connectivity index (χ4n) is 2.85. The van der Waals surface area contributed by atoms with Crippen LogP contribution in [0.1, 0.15) is 49.9 Å². The van der Waals surface area contributed by atoms with Gasteiger partial charge in [0, 0.05) is 10.8 Å². The maximum Gasteiger partial charge on any atom is 0.329 e. The molecule has 0 bridgehead atoms. The molecule has 1 aromatic carbocycles. The van der Waals surface area contributed by atoms with E-state index in [1.54, 1.807) is 41.8 Å². The van der Waals surface area contributed by atoms with Gasteiger partial charge >= 0.3 is 5.97 Å². The van der Waals surface area contributed by atoms with Crippen molar-refractivity contribution in [1.82, 2.24) is 4.90 Å². The van der Waals surface area contributed by atoms with E-state index in [9.17, 15) is 9.59 Å². The first-order valence-corrected chi connectivity index (χ1v) is 10.4. The molecule has 0 aromatic heterocycles. The minimum atomic E-state index is -0.573. The number of carbonyl (C=O) groups is 2. The van der Waals surface area contributed by atoms with Gasteiger partial charge in [-0.15, -0.1) is 11.8 Å². The molecule has 1 heterocycles. The number of hydrogen-bond acceptors (Lipinski definition) is 4. The van der Waals surface area contributed by atoms with Crippen molar-refractivity contribution in [3.8, 4) is 0 Å². The van der Waals surface area contributed by atoms with Gasteiger partial charge in [-0.25, -0.2) is 4.79 Å². The topological polar surface area (TPSA) is 46.6 Å². The molecule has 7 heteroatoms. The Morgan fingerprint density at radius 3 is 2.68 bits per heavy atom. The van der Waals surface area contributed by atoms with Crippen LogP contribution in [0.2, 0.25) is 10.0 Å². The van der Waals surface area contributed by atoms with Gasteiger partial charge in [-0.3, -0.25) is 4.79 Å². The number of halogens is 2. The smallest absolute Gasteiger partial charge is 0.329 e. The lowest BCUT2D eigenvalue weighted by Gasteiger charge is -2.28. The zero-order valence-electron chi connectivity index (χ0n) is 14.5. The van der Waals surface area contributed by atoms with Crippen LogP contribution in [0.3, 0.4) is 0 Å². The number of benzene rings is 1. The normalized spacial score (nSPS) is 19.9. The van der Waals surface area contributed by atoms with E-state index in [4.69, 9.17) is 27.9 Å². The maximum absolute atomic E-state index is 13.1. The van der Waals surface area contributed by atoms with Crippen molar-refractivity contribution in [2.24, 2.45) is 0 Å². The highest BCUT2D eigenvalue weighted by Gasteiger charge is 2.42. The SMILES string of the molecule is CCCCCC1SCC(C(=O)OCC)N1C(=O)c1ccc(Cl)cc1Cl. The maximum atomic E-state index is 13.1. The second-order valence-corrected chi connectivity index (χ2v) is 7.94. The molecule has 25 heavy (non-hydrogen) atoms. The van der Waals surface area contributed by atoms with Crippen molar-refractivity contribution < 1.29 is 14.3 Å². The van der Waals surface area contributed by atoms with Gasteiger partial charge in [0.15, 0.2) is 0 Å². The van der Waals surface area contributed by atoms with Crippen LogP contribution in [0.15, 0.2) is 18.2 Å². The largest absolute Gasteiger partial charge is 0.464 e. The third kappa shape index (κ3) is 5.05. The second-order valence-electron chi connectivity index (χ2n) is 5.89. The minimum Gasteiger partial charge on any atom is -0.464 e. The van der Waals surface area contributed by atoms with E-state index < -0.39 is 6.04 Å². The summed E-state index contributed by atoms with van der Waals surface area (Å²) in [6, 6.07) is 4.22. The number of rotatable bonds is 7. The fourth-order valence-corrected chi connectivity index (χ4v) is 4.78. The molecule has 2 rings (SSSR count). The van der Waals surface area contributed by atoms with Crippen molar-refractivity contribution in [3.63, 3.8) is 0 Å². The van der Waals surface area contributed by atoms with Crippen molar-refractivity contribution in [3.05, 3.63) is 33.8 Å². The quantitative estimate of drug-likeness (QED) is 0.473. The summed E-state index contributed by atoms with van der Waals surface area (Å²) in [7, 11) is 0. The molecule has 0 aliphatic carbocycles. The average molecular weight is 404 g/mol. The van der Waals surface area contributed by atoms with Crippen LogP contribution in [0, 0.1) is 0 Å². The average Bonchev–Trinajstić information content (AvgIpc) is 2.99. The van der Waals surface area contributed by atoms with Crippen molar-refractivity contribution >= 4 is 46.8 Å². The van der Waals surface area contributed by atoms with Crippen LogP contribution in [0.4, 0.5) is 0 Å². The van der Waals surface area contributed by atoms with Crippen molar-refractivity contribution in [1.29, 1.82) is 0 Å². The van der Waals surface area contributed by atoms with Crippen molar-refractivity contribution in [2.75, 3.05) is 12.4 Å². The molecule has 4 nitrogen and oxygen atoms in total. The lowest BCUT2D eigenvalue weighted by molar-refractivity contribution is -0.147. The number of carbonyl (C=O) groups excluding carboxylic acids is 2. The van der Waals surface area contributed by atoms with Crippen LogP contribution < -0.4 is 0 Å². The van der Waals surface area contributed by atoms with Crippen molar-refractivity contribution in [2.45, 2.75) is 50.9 Å². The molecule has 0 radical (unpaired) electrons. The molecule has 2 unspecified atom stereocenters. The molecule has 0 N–H and O–H groups in total. The zero-order valence-corrected chi connectivity index (χ0v) is 16.8. The third-order valence-corrected chi connectivity index (χ3v) is 6.01. The molecular formula is C18H23Cl2NO3S. The summed E-state index contributed by atoms with van der Waals surface area (Å²) in [6.45, 7) is 4.20. The minimum absolute atomic E-state index is 0.0415. The lowest BCUT2D eigenvalue weighted by atomic mass is 10.1. The highest BCUT2D eigenvalue weighted by atomic mass is 35.5. The van der Waals surface area contributed by atoms with Gasteiger partial charge in [0.1, 0.15) is 6.04 Å². The van der Waals surface area contributed by atoms with E-state index in [1.165, 1.54) is 0 Å². The summed E-state index contributed by atoms with van der Waals surface area (Å²) in [6.07, 6.45) is 4.08. The second kappa shape index (κ2) is 9.70. The summed E-state index contributed by atoms with van der Waals surface area (Å²) in [5.74, 6) is -0.0512. The van der Waals surface area contributed by atoms with Gasteiger partial charge in [-0.05, 0) is 31.5 Å². The Morgan fingerprint density at radius 2 is 2.04 bits per heavy atom. The predicted octanol–water partition coefficient (Wildman–Crippen LogP) is 5.02. The third-order valence-electron chi connectivity index (χ3n) is 4.10. The first-order chi connectivity index (χ1) is 12.0. The van der Waals surface area contributed by atoms with Crippen LogP contribution in [-0.4, -0.2) is 40.6 Å².